The van der Waals surface area contributed by atoms with Crippen molar-refractivity contribution >= 4 is 17.7 Å². The minimum absolute atomic E-state index is 0.131. The smallest absolute Gasteiger partial charge is 0.255 e. The predicted molar refractivity (Wildman–Crippen MR) is 112 cm³/mol. The molecule has 1 atom stereocenters. The number of nitrogens with zero attached hydrogens (tertiary/aromatic N) is 5. The number of fused-ring (bicyclic) bond motifs is 2. The summed E-state index contributed by atoms with van der Waals surface area (Å²) in [4.78, 5) is 40.8. The second-order valence-corrected chi connectivity index (χ2v) is 9.04. The molecule has 4 aliphatic heterocycles. The Hall–Kier alpha value is -3.11. The van der Waals surface area contributed by atoms with Crippen LogP contribution in [0.25, 0.3) is 0 Å². The molecular weight excluding hydrogens is 410 g/mol. The number of rotatable bonds is 4. The zero-order valence-corrected chi connectivity index (χ0v) is 17.7. The lowest BCUT2D eigenvalue weighted by Gasteiger charge is -2.31. The molecule has 0 aliphatic carbocycles. The molecule has 0 radical (unpaired) electrons. The van der Waals surface area contributed by atoms with Gasteiger partial charge in [-0.3, -0.25) is 24.6 Å². The summed E-state index contributed by atoms with van der Waals surface area (Å²) < 4.78 is 2.26. The molecule has 10 heteroatoms. The molecule has 1 aromatic carbocycles. The highest BCUT2D eigenvalue weighted by atomic mass is 16.2. The number of nitrogens with one attached hydrogen (secondary N) is 2. The van der Waals surface area contributed by atoms with Crippen molar-refractivity contribution in [1.82, 2.24) is 35.2 Å². The molecule has 0 saturated carbocycles. The van der Waals surface area contributed by atoms with Gasteiger partial charge in [-0.05, 0) is 23.6 Å². The first-order chi connectivity index (χ1) is 15.6. The van der Waals surface area contributed by atoms with E-state index in [-0.39, 0.29) is 24.1 Å². The Labute approximate surface area is 185 Å². The van der Waals surface area contributed by atoms with Crippen LogP contribution in [0.3, 0.4) is 0 Å². The van der Waals surface area contributed by atoms with Crippen LogP contribution < -0.4 is 10.6 Å². The fourth-order valence-electron chi connectivity index (χ4n) is 5.18. The normalized spacial score (nSPS) is 23.7. The van der Waals surface area contributed by atoms with Crippen LogP contribution in [-0.4, -0.2) is 68.0 Å². The minimum Gasteiger partial charge on any atom is -0.322 e. The highest BCUT2D eigenvalue weighted by molar-refractivity contribution is 6.05. The number of hydrogen-bond acceptors (Lipinski definition) is 7. The molecular formula is C22H25N7O3. The largest absolute Gasteiger partial charge is 0.322 e. The molecule has 5 heterocycles. The van der Waals surface area contributed by atoms with Crippen LogP contribution in [-0.2, 0) is 35.8 Å². The molecule has 1 unspecified atom stereocenters. The van der Waals surface area contributed by atoms with E-state index in [1.54, 1.807) is 4.90 Å². The number of benzene rings is 1. The van der Waals surface area contributed by atoms with E-state index in [0.29, 0.717) is 31.0 Å². The average Bonchev–Trinajstić information content (AvgIpc) is 3.29. The van der Waals surface area contributed by atoms with Gasteiger partial charge in [-0.25, -0.2) is 0 Å². The third kappa shape index (κ3) is 3.13. The summed E-state index contributed by atoms with van der Waals surface area (Å²) in [6, 6.07) is 5.21. The fraction of sp³-hybridized carbons (Fsp3) is 0.500. The van der Waals surface area contributed by atoms with Gasteiger partial charge in [0, 0.05) is 57.2 Å². The Morgan fingerprint density at radius 3 is 2.72 bits per heavy atom. The zero-order valence-electron chi connectivity index (χ0n) is 17.7. The van der Waals surface area contributed by atoms with Gasteiger partial charge in [-0.1, -0.05) is 12.1 Å². The van der Waals surface area contributed by atoms with Gasteiger partial charge in [0.05, 0.1) is 6.54 Å². The summed E-state index contributed by atoms with van der Waals surface area (Å²) in [5.74, 6) is 1.76. The second kappa shape index (κ2) is 7.49. The molecule has 4 aliphatic rings. The Bertz CT molecular complexity index is 1120. The second-order valence-electron chi connectivity index (χ2n) is 9.04. The van der Waals surface area contributed by atoms with E-state index in [1.807, 2.05) is 12.1 Å². The number of carbonyl (C=O) groups is 3. The lowest BCUT2D eigenvalue weighted by molar-refractivity contribution is -0.136. The number of carbonyl (C=O) groups excluding carboxylic acids is 3. The lowest BCUT2D eigenvalue weighted by atomic mass is 10.0. The average molecular weight is 435 g/mol. The van der Waals surface area contributed by atoms with E-state index in [1.165, 1.54) is 0 Å². The minimum atomic E-state index is -0.589. The van der Waals surface area contributed by atoms with Crippen molar-refractivity contribution in [1.29, 1.82) is 0 Å². The quantitative estimate of drug-likeness (QED) is 0.637. The van der Waals surface area contributed by atoms with E-state index < -0.39 is 6.04 Å². The Balaban J connectivity index is 1.19. The van der Waals surface area contributed by atoms with Crippen LogP contribution in [0.4, 0.5) is 0 Å². The number of aromatic nitrogens is 3. The number of piperidine rings is 1. The van der Waals surface area contributed by atoms with E-state index in [9.17, 15) is 14.4 Å². The van der Waals surface area contributed by atoms with Gasteiger partial charge in [0.15, 0.2) is 0 Å². The lowest BCUT2D eigenvalue weighted by Crippen LogP contribution is -2.52. The Morgan fingerprint density at radius 1 is 1.06 bits per heavy atom. The summed E-state index contributed by atoms with van der Waals surface area (Å²) in [5, 5.41) is 14.5. The van der Waals surface area contributed by atoms with Gasteiger partial charge in [-0.15, -0.1) is 10.2 Å². The van der Waals surface area contributed by atoms with Crippen molar-refractivity contribution in [2.24, 2.45) is 0 Å². The molecule has 3 amide bonds. The van der Waals surface area contributed by atoms with E-state index in [2.05, 4.69) is 36.4 Å². The molecule has 6 rings (SSSR count). The summed E-state index contributed by atoms with van der Waals surface area (Å²) in [6.07, 6.45) is 0.636. The first-order valence-corrected chi connectivity index (χ1v) is 11.2. The van der Waals surface area contributed by atoms with Crippen LogP contribution in [0.15, 0.2) is 18.2 Å². The standard InChI is InChI=1S/C22H25N7O3/c30-19-5-4-17(21(31)24-19)29-11-16-13(2-1-3-15(16)22(29)32)10-27-6-7-28-18(12-27)25-26-20(28)14-8-23-9-14/h1-3,14,17,23H,4-12H2,(H,24,30,31). The predicted octanol–water partition coefficient (Wildman–Crippen LogP) is -0.258. The monoisotopic (exact) mass is 435 g/mol. The number of imide groups is 1. The van der Waals surface area contributed by atoms with Gasteiger partial charge in [0.1, 0.15) is 17.7 Å². The number of amides is 3. The summed E-state index contributed by atoms with van der Waals surface area (Å²) in [5.41, 5.74) is 2.74. The molecule has 2 aromatic rings. The van der Waals surface area contributed by atoms with Crippen molar-refractivity contribution < 1.29 is 14.4 Å². The van der Waals surface area contributed by atoms with Crippen LogP contribution in [0.5, 0.6) is 0 Å². The first kappa shape index (κ1) is 19.6. The molecule has 2 N–H and O–H groups in total. The molecule has 0 bridgehead atoms. The molecule has 32 heavy (non-hydrogen) atoms. The van der Waals surface area contributed by atoms with Gasteiger partial charge in [0.2, 0.25) is 11.8 Å². The van der Waals surface area contributed by atoms with Crippen molar-refractivity contribution in [3.63, 3.8) is 0 Å². The van der Waals surface area contributed by atoms with Crippen LogP contribution in [0.2, 0.25) is 0 Å². The highest BCUT2D eigenvalue weighted by Gasteiger charge is 2.40. The maximum Gasteiger partial charge on any atom is 0.255 e. The van der Waals surface area contributed by atoms with Crippen LogP contribution in [0.1, 0.15) is 51.9 Å². The first-order valence-electron chi connectivity index (χ1n) is 11.2. The third-order valence-corrected chi connectivity index (χ3v) is 7.08. The molecule has 2 saturated heterocycles. The third-order valence-electron chi connectivity index (χ3n) is 7.08. The van der Waals surface area contributed by atoms with E-state index >= 15 is 0 Å². The maximum atomic E-state index is 13.1. The summed E-state index contributed by atoms with van der Waals surface area (Å²) in [6.45, 7) is 5.54. The van der Waals surface area contributed by atoms with Gasteiger partial charge in [-0.2, -0.15) is 0 Å². The molecule has 10 nitrogen and oxygen atoms in total. The maximum absolute atomic E-state index is 13.1. The Morgan fingerprint density at radius 2 is 1.94 bits per heavy atom. The molecule has 1 aromatic heterocycles. The van der Waals surface area contributed by atoms with Crippen molar-refractivity contribution in [2.75, 3.05) is 19.6 Å². The van der Waals surface area contributed by atoms with Crippen LogP contribution >= 0.6 is 0 Å². The Kier molecular flexibility index (Phi) is 4.58. The van der Waals surface area contributed by atoms with Gasteiger partial charge >= 0.3 is 0 Å². The van der Waals surface area contributed by atoms with Gasteiger partial charge < -0.3 is 14.8 Å². The highest BCUT2D eigenvalue weighted by Crippen LogP contribution is 2.31. The van der Waals surface area contributed by atoms with Gasteiger partial charge in [0.25, 0.3) is 5.91 Å². The van der Waals surface area contributed by atoms with Crippen LogP contribution in [0, 0.1) is 0 Å². The SMILES string of the molecule is O=C1CCC(N2Cc3c(CN4CCn5c(nnc5C5CNC5)C4)cccc3C2=O)C(=O)N1. The topological polar surface area (TPSA) is 112 Å². The number of hydrogen-bond donors (Lipinski definition) is 2. The fourth-order valence-corrected chi connectivity index (χ4v) is 5.18. The van der Waals surface area contributed by atoms with E-state index in [4.69, 9.17) is 0 Å². The van der Waals surface area contributed by atoms with Crippen molar-refractivity contribution in [3.8, 4) is 0 Å². The molecule has 2 fully saturated rings. The van der Waals surface area contributed by atoms with Crippen molar-refractivity contribution in [2.45, 2.75) is 51.0 Å². The summed E-state index contributed by atoms with van der Waals surface area (Å²) >= 11 is 0. The molecule has 166 valence electrons. The summed E-state index contributed by atoms with van der Waals surface area (Å²) in [7, 11) is 0. The van der Waals surface area contributed by atoms with Crippen molar-refractivity contribution in [3.05, 3.63) is 46.5 Å². The van der Waals surface area contributed by atoms with E-state index in [0.717, 1.165) is 55.5 Å². The zero-order chi connectivity index (χ0) is 21.8. The molecule has 0 spiro atoms.